The molecule has 0 saturated carbocycles. The van der Waals surface area contributed by atoms with Crippen molar-refractivity contribution in [2.75, 3.05) is 6.54 Å². The summed E-state index contributed by atoms with van der Waals surface area (Å²) in [4.78, 5) is 12.1. The summed E-state index contributed by atoms with van der Waals surface area (Å²) in [7, 11) is 0. The number of aromatic nitrogens is 2. The molecule has 0 radical (unpaired) electrons. The van der Waals surface area contributed by atoms with Crippen LogP contribution in [-0.4, -0.2) is 33.4 Å². The predicted molar refractivity (Wildman–Crippen MR) is 79.9 cm³/mol. The van der Waals surface area contributed by atoms with Gasteiger partial charge in [-0.25, -0.2) is 0 Å². The van der Waals surface area contributed by atoms with Crippen LogP contribution in [0.1, 0.15) is 70.1 Å². The quantitative estimate of drug-likeness (QED) is 0.870. The zero-order valence-electron chi connectivity index (χ0n) is 13.4. The van der Waals surface area contributed by atoms with Gasteiger partial charge >= 0.3 is 0 Å². The maximum absolute atomic E-state index is 12.1. The van der Waals surface area contributed by atoms with E-state index in [1.807, 2.05) is 10.7 Å². The van der Waals surface area contributed by atoms with Crippen LogP contribution >= 0.6 is 0 Å². The second-order valence-corrected chi connectivity index (χ2v) is 6.59. The van der Waals surface area contributed by atoms with Crippen molar-refractivity contribution in [3.8, 4) is 0 Å². The molecule has 0 aromatic carbocycles. The van der Waals surface area contributed by atoms with E-state index in [2.05, 4.69) is 45.0 Å². The van der Waals surface area contributed by atoms with Crippen molar-refractivity contribution in [2.45, 2.75) is 65.5 Å². The fraction of sp³-hybridized carbons (Fsp3) is 0.733. The molecule has 20 heavy (non-hydrogen) atoms. The largest absolute Gasteiger partial charge is 0.393 e. The van der Waals surface area contributed by atoms with Crippen LogP contribution in [0.2, 0.25) is 0 Å². The van der Waals surface area contributed by atoms with E-state index < -0.39 is 6.10 Å². The van der Waals surface area contributed by atoms with Crippen molar-refractivity contribution in [1.82, 2.24) is 15.1 Å². The number of aliphatic hydroxyl groups excluding tert-OH is 1. The van der Waals surface area contributed by atoms with Crippen molar-refractivity contribution >= 4 is 5.91 Å². The molecule has 1 atom stereocenters. The smallest absolute Gasteiger partial charge is 0.271 e. The summed E-state index contributed by atoms with van der Waals surface area (Å²) in [5.41, 5.74) is 1.34. The first-order chi connectivity index (χ1) is 9.12. The van der Waals surface area contributed by atoms with Gasteiger partial charge in [-0.3, -0.25) is 9.48 Å². The van der Waals surface area contributed by atoms with Gasteiger partial charge in [-0.1, -0.05) is 13.8 Å². The molecule has 114 valence electrons. The first-order valence-corrected chi connectivity index (χ1v) is 7.19. The summed E-state index contributed by atoms with van der Waals surface area (Å²) >= 11 is 0. The number of nitrogens with zero attached hydrogens (tertiary/aromatic N) is 2. The van der Waals surface area contributed by atoms with E-state index in [-0.39, 0.29) is 11.4 Å². The summed E-state index contributed by atoms with van der Waals surface area (Å²) in [6.07, 6.45) is 0.136. The molecule has 1 aromatic heterocycles. The van der Waals surface area contributed by atoms with E-state index in [1.54, 1.807) is 6.92 Å². The lowest BCUT2D eigenvalue weighted by Crippen LogP contribution is -2.29. The lowest BCUT2D eigenvalue weighted by Gasteiger charge is -2.23. The molecular weight excluding hydrogens is 254 g/mol. The van der Waals surface area contributed by atoms with Crippen LogP contribution in [-0.2, 0) is 5.54 Å². The van der Waals surface area contributed by atoms with Gasteiger partial charge in [0.1, 0.15) is 5.69 Å². The lowest BCUT2D eigenvalue weighted by atomic mass is 10.1. The molecular formula is C15H27N3O2. The Kier molecular flexibility index (Phi) is 5.34. The molecule has 2 N–H and O–H groups in total. The normalized spacial score (nSPS) is 13.6. The van der Waals surface area contributed by atoms with E-state index >= 15 is 0 Å². The first-order valence-electron chi connectivity index (χ1n) is 7.19. The highest BCUT2D eigenvalue weighted by Gasteiger charge is 2.23. The minimum Gasteiger partial charge on any atom is -0.393 e. The third-order valence-corrected chi connectivity index (χ3v) is 3.04. The standard InChI is InChI=1S/C15H27N3O2/c1-10(2)13-9-12(17-18(13)15(4,5)6)14(20)16-8-7-11(3)19/h9-11,19H,7-8H2,1-6H3,(H,16,20). The average Bonchev–Trinajstić information content (AvgIpc) is 2.72. The Morgan fingerprint density at radius 1 is 1.40 bits per heavy atom. The zero-order valence-corrected chi connectivity index (χ0v) is 13.4. The van der Waals surface area contributed by atoms with E-state index in [0.717, 1.165) is 5.69 Å². The van der Waals surface area contributed by atoms with Gasteiger partial charge in [0, 0.05) is 12.2 Å². The fourth-order valence-corrected chi connectivity index (χ4v) is 1.94. The highest BCUT2D eigenvalue weighted by molar-refractivity contribution is 5.92. The molecule has 1 unspecified atom stereocenters. The number of hydrogen-bond donors (Lipinski definition) is 2. The Morgan fingerprint density at radius 2 is 2.00 bits per heavy atom. The molecule has 1 aromatic rings. The maximum Gasteiger partial charge on any atom is 0.271 e. The van der Waals surface area contributed by atoms with Crippen LogP contribution in [0, 0.1) is 0 Å². The van der Waals surface area contributed by atoms with E-state index in [4.69, 9.17) is 0 Å². The monoisotopic (exact) mass is 281 g/mol. The number of carbonyl (C=O) groups excluding carboxylic acids is 1. The van der Waals surface area contributed by atoms with Crippen molar-refractivity contribution in [1.29, 1.82) is 0 Å². The van der Waals surface area contributed by atoms with Gasteiger partial charge in [-0.05, 0) is 46.1 Å². The summed E-state index contributed by atoms with van der Waals surface area (Å²) < 4.78 is 1.92. The maximum atomic E-state index is 12.1. The summed E-state index contributed by atoms with van der Waals surface area (Å²) in [5, 5.41) is 16.4. The summed E-state index contributed by atoms with van der Waals surface area (Å²) in [6.45, 7) is 12.6. The summed E-state index contributed by atoms with van der Waals surface area (Å²) in [5.74, 6) is 0.122. The molecule has 0 bridgehead atoms. The van der Waals surface area contributed by atoms with Gasteiger partial charge in [-0.15, -0.1) is 0 Å². The molecule has 1 heterocycles. The number of hydrogen-bond acceptors (Lipinski definition) is 3. The Hall–Kier alpha value is -1.36. The number of aliphatic hydroxyl groups is 1. The van der Waals surface area contributed by atoms with Gasteiger partial charge in [0.05, 0.1) is 11.6 Å². The summed E-state index contributed by atoms with van der Waals surface area (Å²) in [6, 6.07) is 1.85. The molecule has 0 spiro atoms. The van der Waals surface area contributed by atoms with E-state index in [1.165, 1.54) is 0 Å². The zero-order chi connectivity index (χ0) is 15.5. The second kappa shape index (κ2) is 6.39. The SMILES string of the molecule is CC(O)CCNC(=O)c1cc(C(C)C)n(C(C)(C)C)n1. The Bertz CT molecular complexity index is 456. The minimum atomic E-state index is -0.409. The van der Waals surface area contributed by atoms with Gasteiger partial charge in [0.2, 0.25) is 0 Å². The highest BCUT2D eigenvalue weighted by Crippen LogP contribution is 2.23. The van der Waals surface area contributed by atoms with E-state index in [9.17, 15) is 9.90 Å². The van der Waals surface area contributed by atoms with Crippen molar-refractivity contribution < 1.29 is 9.90 Å². The molecule has 5 nitrogen and oxygen atoms in total. The van der Waals surface area contributed by atoms with Gasteiger partial charge < -0.3 is 10.4 Å². The Labute approximate surface area is 121 Å². The van der Waals surface area contributed by atoms with Crippen LogP contribution in [0.15, 0.2) is 6.07 Å². The number of amides is 1. The van der Waals surface area contributed by atoms with Crippen molar-refractivity contribution in [3.63, 3.8) is 0 Å². The van der Waals surface area contributed by atoms with Crippen LogP contribution in [0.3, 0.4) is 0 Å². The molecule has 5 heteroatoms. The molecule has 0 aliphatic rings. The fourth-order valence-electron chi connectivity index (χ4n) is 1.94. The minimum absolute atomic E-state index is 0.155. The Morgan fingerprint density at radius 3 is 2.40 bits per heavy atom. The highest BCUT2D eigenvalue weighted by atomic mass is 16.3. The molecule has 0 fully saturated rings. The van der Waals surface area contributed by atoms with E-state index in [0.29, 0.717) is 24.6 Å². The lowest BCUT2D eigenvalue weighted by molar-refractivity contribution is 0.0939. The van der Waals surface area contributed by atoms with Gasteiger partial charge in [-0.2, -0.15) is 5.10 Å². The number of nitrogens with one attached hydrogen (secondary N) is 1. The first kappa shape index (κ1) is 16.7. The second-order valence-electron chi connectivity index (χ2n) is 6.59. The predicted octanol–water partition coefficient (Wildman–Crippen LogP) is 2.26. The van der Waals surface area contributed by atoms with Gasteiger partial charge in [0.15, 0.2) is 0 Å². The van der Waals surface area contributed by atoms with Crippen molar-refractivity contribution in [3.05, 3.63) is 17.5 Å². The van der Waals surface area contributed by atoms with Gasteiger partial charge in [0.25, 0.3) is 5.91 Å². The average molecular weight is 281 g/mol. The van der Waals surface area contributed by atoms with Crippen LogP contribution in [0.25, 0.3) is 0 Å². The third kappa shape index (κ3) is 4.34. The number of rotatable bonds is 5. The molecule has 0 aliphatic heterocycles. The molecule has 0 saturated heterocycles. The molecule has 1 rings (SSSR count). The van der Waals surface area contributed by atoms with Crippen LogP contribution in [0.5, 0.6) is 0 Å². The Balaban J connectivity index is 2.89. The van der Waals surface area contributed by atoms with Crippen LogP contribution in [0.4, 0.5) is 0 Å². The molecule has 0 aliphatic carbocycles. The van der Waals surface area contributed by atoms with Crippen molar-refractivity contribution in [2.24, 2.45) is 0 Å². The third-order valence-electron chi connectivity index (χ3n) is 3.04. The molecule has 1 amide bonds. The topological polar surface area (TPSA) is 67.2 Å². The van der Waals surface area contributed by atoms with Crippen LogP contribution < -0.4 is 5.32 Å². The number of carbonyl (C=O) groups is 1.